The van der Waals surface area contributed by atoms with E-state index < -0.39 is 21.5 Å². The van der Waals surface area contributed by atoms with Crippen LogP contribution in [0.25, 0.3) is 0 Å². The van der Waals surface area contributed by atoms with E-state index in [4.69, 9.17) is 4.74 Å². The number of hydrogen-bond donors (Lipinski definition) is 3. The number of aliphatic hydroxyl groups is 2. The van der Waals surface area contributed by atoms with Crippen LogP contribution in [0.15, 0.2) is 91.0 Å². The standard InChI is InChI=1S/C29H34O7S.Na/c30-21-5-10-29(24-6-2-1-3-7-24)36-26-18-11-22(12-19-26)13-20-27(37(33,34)35)8-4-9-28(32)23-14-16-25(31)17-15-23;/h1-4,6-7,9,11-12,14-19,27-32H,5,8,10,13,20-21H2,(H,33,34,35);/q;+1/p-1/b9-4+;/t27-,28+,29-;/m0./s1. The Balaban J connectivity index is 0.00000507. The fourth-order valence-corrected chi connectivity index (χ4v) is 4.74. The average Bonchev–Trinajstić information content (AvgIpc) is 2.89. The summed E-state index contributed by atoms with van der Waals surface area (Å²) in [5.41, 5.74) is 2.44. The van der Waals surface area contributed by atoms with Gasteiger partial charge in [0.1, 0.15) is 17.6 Å². The van der Waals surface area contributed by atoms with Crippen molar-refractivity contribution in [2.24, 2.45) is 0 Å². The molecule has 198 valence electrons. The van der Waals surface area contributed by atoms with Crippen LogP contribution in [-0.4, -0.2) is 40.1 Å². The molecule has 0 amide bonds. The average molecular weight is 549 g/mol. The minimum Gasteiger partial charge on any atom is -0.748 e. The van der Waals surface area contributed by atoms with Crippen molar-refractivity contribution >= 4 is 10.1 Å². The van der Waals surface area contributed by atoms with E-state index in [1.807, 2.05) is 54.6 Å². The molecule has 0 aliphatic rings. The van der Waals surface area contributed by atoms with Gasteiger partial charge in [0.05, 0.1) is 21.5 Å². The molecular formula is C29H33NaO7S. The van der Waals surface area contributed by atoms with Gasteiger partial charge in [-0.05, 0) is 73.1 Å². The molecule has 7 nitrogen and oxygen atoms in total. The van der Waals surface area contributed by atoms with E-state index in [0.717, 1.165) is 11.1 Å². The SMILES string of the molecule is O=S(=O)([O-])[C@@H](C/C=C/[C@@H](O)c1ccc(O)cc1)CCc1ccc(O[C@@H](CCCO)c2ccccc2)cc1.[Na+]. The number of benzene rings is 3. The summed E-state index contributed by atoms with van der Waals surface area (Å²) in [5, 5.41) is 27.7. The topological polar surface area (TPSA) is 127 Å². The summed E-state index contributed by atoms with van der Waals surface area (Å²) in [6.45, 7) is 0.0837. The number of aliphatic hydroxyl groups excluding tert-OH is 2. The summed E-state index contributed by atoms with van der Waals surface area (Å²) in [4.78, 5) is 0. The van der Waals surface area contributed by atoms with Crippen LogP contribution >= 0.6 is 0 Å². The second-order valence-electron chi connectivity index (χ2n) is 8.88. The van der Waals surface area contributed by atoms with Crippen molar-refractivity contribution in [3.05, 3.63) is 108 Å². The predicted octanol–water partition coefficient (Wildman–Crippen LogP) is 1.82. The van der Waals surface area contributed by atoms with E-state index in [1.54, 1.807) is 12.1 Å². The number of phenols is 1. The van der Waals surface area contributed by atoms with Crippen molar-refractivity contribution in [1.29, 1.82) is 0 Å². The summed E-state index contributed by atoms with van der Waals surface area (Å²) < 4.78 is 41.6. The van der Waals surface area contributed by atoms with Crippen molar-refractivity contribution in [3.63, 3.8) is 0 Å². The summed E-state index contributed by atoms with van der Waals surface area (Å²) >= 11 is 0. The number of aromatic hydroxyl groups is 1. The van der Waals surface area contributed by atoms with E-state index in [9.17, 15) is 28.3 Å². The van der Waals surface area contributed by atoms with Gasteiger partial charge in [0.2, 0.25) is 0 Å². The van der Waals surface area contributed by atoms with Gasteiger partial charge in [-0.3, -0.25) is 0 Å². The van der Waals surface area contributed by atoms with Gasteiger partial charge in [-0.2, -0.15) is 0 Å². The third-order valence-electron chi connectivity index (χ3n) is 6.11. The molecular weight excluding hydrogens is 515 g/mol. The smallest absolute Gasteiger partial charge is 0.748 e. The molecule has 3 N–H and O–H groups in total. The quantitative estimate of drug-likeness (QED) is 0.159. The van der Waals surface area contributed by atoms with Crippen molar-refractivity contribution in [1.82, 2.24) is 0 Å². The third-order valence-corrected chi connectivity index (χ3v) is 7.36. The van der Waals surface area contributed by atoms with Gasteiger partial charge in [0, 0.05) is 6.61 Å². The Morgan fingerprint density at radius 1 is 0.895 bits per heavy atom. The molecule has 0 heterocycles. The Bertz CT molecular complexity index is 1210. The van der Waals surface area contributed by atoms with Crippen LogP contribution in [0, 0.1) is 0 Å². The van der Waals surface area contributed by atoms with Crippen molar-refractivity contribution in [3.8, 4) is 11.5 Å². The number of hydrogen-bond acceptors (Lipinski definition) is 7. The number of phenolic OH excluding ortho intramolecular Hbond substituents is 1. The first-order valence-corrected chi connectivity index (χ1v) is 13.7. The Morgan fingerprint density at radius 3 is 2.16 bits per heavy atom. The first-order valence-electron chi connectivity index (χ1n) is 12.3. The van der Waals surface area contributed by atoms with Gasteiger partial charge in [-0.25, -0.2) is 8.42 Å². The zero-order chi connectivity index (χ0) is 26.7. The molecule has 0 unspecified atom stereocenters. The van der Waals surface area contributed by atoms with Gasteiger partial charge in [0.15, 0.2) is 0 Å². The van der Waals surface area contributed by atoms with Crippen molar-refractivity contribution < 1.29 is 62.6 Å². The van der Waals surface area contributed by atoms with Crippen LogP contribution in [0.4, 0.5) is 0 Å². The van der Waals surface area contributed by atoms with Gasteiger partial charge in [-0.15, -0.1) is 0 Å². The van der Waals surface area contributed by atoms with Gasteiger partial charge < -0.3 is 24.6 Å². The number of rotatable bonds is 14. The molecule has 38 heavy (non-hydrogen) atoms. The summed E-state index contributed by atoms with van der Waals surface area (Å²) in [6.07, 6.45) is 3.59. The fraction of sp³-hybridized carbons (Fsp3) is 0.310. The van der Waals surface area contributed by atoms with E-state index in [0.29, 0.717) is 30.6 Å². The normalized spacial score (nSPS) is 14.0. The van der Waals surface area contributed by atoms with E-state index in [-0.39, 0.29) is 60.9 Å². The van der Waals surface area contributed by atoms with E-state index in [2.05, 4.69) is 0 Å². The molecule has 3 aromatic carbocycles. The Labute approximate surface area is 246 Å². The molecule has 3 aromatic rings. The first-order chi connectivity index (χ1) is 17.8. The first kappa shape index (κ1) is 32.0. The zero-order valence-electron chi connectivity index (χ0n) is 21.5. The largest absolute Gasteiger partial charge is 1.00 e. The summed E-state index contributed by atoms with van der Waals surface area (Å²) in [7, 11) is -4.53. The molecule has 0 aliphatic heterocycles. The van der Waals surface area contributed by atoms with Crippen LogP contribution in [-0.2, 0) is 16.5 Å². The van der Waals surface area contributed by atoms with E-state index >= 15 is 0 Å². The molecule has 3 atom stereocenters. The summed E-state index contributed by atoms with van der Waals surface area (Å²) in [6, 6.07) is 23.1. The number of allylic oxidation sites excluding steroid dienone is 1. The minimum atomic E-state index is -4.53. The predicted molar refractivity (Wildman–Crippen MR) is 141 cm³/mol. The Morgan fingerprint density at radius 2 is 1.55 bits per heavy atom. The molecule has 9 heteroatoms. The molecule has 0 saturated carbocycles. The maximum atomic E-state index is 11.8. The van der Waals surface area contributed by atoms with E-state index in [1.165, 1.54) is 24.3 Å². The molecule has 0 fully saturated rings. The van der Waals surface area contributed by atoms with Crippen LogP contribution in [0.5, 0.6) is 11.5 Å². The maximum Gasteiger partial charge on any atom is 1.00 e. The molecule has 0 spiro atoms. The number of ether oxygens (including phenoxy) is 1. The van der Waals surface area contributed by atoms with Crippen molar-refractivity contribution in [2.45, 2.75) is 49.6 Å². The summed E-state index contributed by atoms with van der Waals surface area (Å²) in [5.74, 6) is 0.740. The monoisotopic (exact) mass is 548 g/mol. The third kappa shape index (κ3) is 10.5. The van der Waals surface area contributed by atoms with Crippen LogP contribution in [0.1, 0.15) is 54.6 Å². The molecule has 3 rings (SSSR count). The molecule has 0 aromatic heterocycles. The second-order valence-corrected chi connectivity index (χ2v) is 10.5. The van der Waals surface area contributed by atoms with Crippen LogP contribution in [0.2, 0.25) is 0 Å². The van der Waals surface area contributed by atoms with Gasteiger partial charge in [-0.1, -0.05) is 66.7 Å². The second kappa shape index (κ2) is 16.1. The Kier molecular flexibility index (Phi) is 13.5. The molecule has 0 radical (unpaired) electrons. The molecule has 0 saturated heterocycles. The zero-order valence-corrected chi connectivity index (χ0v) is 24.3. The van der Waals surface area contributed by atoms with Gasteiger partial charge >= 0.3 is 29.6 Å². The minimum absolute atomic E-state index is 0. The Hall–Kier alpha value is -2.17. The molecule has 0 aliphatic carbocycles. The molecule has 0 bridgehead atoms. The maximum absolute atomic E-state index is 11.8. The fourth-order valence-electron chi connectivity index (χ4n) is 3.99. The van der Waals surface area contributed by atoms with Crippen LogP contribution < -0.4 is 34.3 Å². The number of aryl methyl sites for hydroxylation is 1. The van der Waals surface area contributed by atoms with Crippen molar-refractivity contribution in [2.75, 3.05) is 6.61 Å². The van der Waals surface area contributed by atoms with Gasteiger partial charge in [0.25, 0.3) is 0 Å². The van der Waals surface area contributed by atoms with Crippen LogP contribution in [0.3, 0.4) is 0 Å².